The van der Waals surface area contributed by atoms with Crippen LogP contribution in [0.4, 0.5) is 0 Å². The van der Waals surface area contributed by atoms with Crippen molar-refractivity contribution in [3.8, 4) is 0 Å². The van der Waals surface area contributed by atoms with E-state index >= 15 is 0 Å². The molecular formula is C21H30O5. The van der Waals surface area contributed by atoms with E-state index < -0.39 is 23.2 Å². The second kappa shape index (κ2) is 5.41. The maximum absolute atomic E-state index is 13.2. The van der Waals surface area contributed by atoms with Gasteiger partial charge in [0.1, 0.15) is 5.60 Å². The fraction of sp³-hybridized carbons (Fsp3) is 0.810. The van der Waals surface area contributed by atoms with E-state index in [0.717, 1.165) is 32.1 Å². The van der Waals surface area contributed by atoms with Crippen molar-refractivity contribution >= 4 is 11.8 Å². The molecule has 4 aliphatic carbocycles. The molecule has 0 radical (unpaired) electrons. The Balaban J connectivity index is 1.83. The number of fused-ring (bicyclic) bond motifs is 3. The topological polar surface area (TPSA) is 83.8 Å². The number of carbonyl (C=O) groups is 2. The Morgan fingerprint density at radius 2 is 1.88 bits per heavy atom. The van der Waals surface area contributed by atoms with Crippen LogP contribution < -0.4 is 0 Å². The van der Waals surface area contributed by atoms with Gasteiger partial charge in [-0.2, -0.15) is 0 Å². The Morgan fingerprint density at radius 1 is 1.19 bits per heavy atom. The van der Waals surface area contributed by atoms with E-state index in [2.05, 4.69) is 13.5 Å². The van der Waals surface area contributed by atoms with Crippen molar-refractivity contribution < 1.29 is 24.5 Å². The van der Waals surface area contributed by atoms with Gasteiger partial charge in [0.25, 0.3) is 0 Å². The lowest BCUT2D eigenvalue weighted by molar-refractivity contribution is -0.245. The summed E-state index contributed by atoms with van der Waals surface area (Å²) in [5, 5.41) is 22.3. The Morgan fingerprint density at radius 3 is 2.54 bits per heavy atom. The van der Waals surface area contributed by atoms with Crippen LogP contribution in [0.15, 0.2) is 12.2 Å². The van der Waals surface area contributed by atoms with Gasteiger partial charge in [-0.05, 0) is 62.4 Å². The third kappa shape index (κ3) is 1.94. The van der Waals surface area contributed by atoms with E-state index in [-0.39, 0.29) is 34.9 Å². The van der Waals surface area contributed by atoms with Crippen molar-refractivity contribution in [3.05, 3.63) is 12.2 Å². The number of hydrogen-bond donors (Lipinski definition) is 2. The SMILES string of the molecule is C=C1C(=O)[C@@]23C(CC[C@@H]1[C@H]2O)[C@]1(C)CCC[C@](C)(OC(C)=O)C1C[C@H]3O. The quantitative estimate of drug-likeness (QED) is 0.553. The zero-order valence-corrected chi connectivity index (χ0v) is 16.0. The summed E-state index contributed by atoms with van der Waals surface area (Å²) < 4.78 is 5.78. The zero-order valence-electron chi connectivity index (χ0n) is 16.0. The lowest BCUT2D eigenvalue weighted by atomic mass is 9.41. The zero-order chi connectivity index (χ0) is 19.1. The lowest BCUT2D eigenvalue weighted by Gasteiger charge is -2.64. The van der Waals surface area contributed by atoms with Gasteiger partial charge >= 0.3 is 5.97 Å². The molecule has 0 heterocycles. The second-order valence-electron chi connectivity index (χ2n) is 9.54. The summed E-state index contributed by atoms with van der Waals surface area (Å²) in [6.45, 7) is 9.53. The van der Waals surface area contributed by atoms with Crippen molar-refractivity contribution in [3.63, 3.8) is 0 Å². The van der Waals surface area contributed by atoms with E-state index in [0.29, 0.717) is 12.0 Å². The summed E-state index contributed by atoms with van der Waals surface area (Å²) in [7, 11) is 0. The van der Waals surface area contributed by atoms with E-state index in [4.69, 9.17) is 4.74 Å². The second-order valence-corrected chi connectivity index (χ2v) is 9.54. The molecule has 5 heteroatoms. The van der Waals surface area contributed by atoms with Gasteiger partial charge in [-0.25, -0.2) is 0 Å². The van der Waals surface area contributed by atoms with Gasteiger partial charge < -0.3 is 14.9 Å². The predicted octanol–water partition coefficient (Wildman–Crippen LogP) is 2.39. The number of aliphatic hydroxyl groups excluding tert-OH is 2. The average Bonchev–Trinajstić information content (AvgIpc) is 2.66. The van der Waals surface area contributed by atoms with E-state index in [1.54, 1.807) is 0 Å². The smallest absolute Gasteiger partial charge is 0.303 e. The summed E-state index contributed by atoms with van der Waals surface area (Å²) in [4.78, 5) is 25.0. The Kier molecular flexibility index (Phi) is 3.79. The summed E-state index contributed by atoms with van der Waals surface area (Å²) in [5.74, 6) is -0.803. The number of esters is 1. The van der Waals surface area contributed by atoms with Gasteiger partial charge in [0, 0.05) is 18.8 Å². The van der Waals surface area contributed by atoms with Crippen LogP contribution in [0.5, 0.6) is 0 Å². The predicted molar refractivity (Wildman–Crippen MR) is 95.0 cm³/mol. The third-order valence-corrected chi connectivity index (χ3v) is 8.45. The minimum absolute atomic E-state index is 0.0244. The van der Waals surface area contributed by atoms with Gasteiger partial charge in [-0.3, -0.25) is 9.59 Å². The van der Waals surface area contributed by atoms with Crippen LogP contribution in [0, 0.1) is 28.6 Å². The first-order chi connectivity index (χ1) is 12.1. The fourth-order valence-electron chi connectivity index (χ4n) is 7.51. The molecule has 0 saturated heterocycles. The molecule has 26 heavy (non-hydrogen) atoms. The number of Topliss-reactive ketones (excluding diaryl/α,β-unsaturated/α-hetero) is 1. The van der Waals surface area contributed by atoms with Gasteiger partial charge in [0.05, 0.1) is 17.6 Å². The largest absolute Gasteiger partial charge is 0.459 e. The molecule has 2 bridgehead atoms. The van der Waals surface area contributed by atoms with E-state index in [1.807, 2.05) is 6.92 Å². The molecule has 144 valence electrons. The molecule has 2 N–H and O–H groups in total. The monoisotopic (exact) mass is 362 g/mol. The number of rotatable bonds is 1. The fourth-order valence-corrected chi connectivity index (χ4v) is 7.51. The molecule has 0 aromatic rings. The van der Waals surface area contributed by atoms with Crippen molar-refractivity contribution in [2.45, 2.75) is 77.1 Å². The maximum Gasteiger partial charge on any atom is 0.303 e. The standard InChI is InChI=1S/C21H30O5/c1-11-13-6-7-14-19(3)8-5-9-20(4,26-12(2)22)15(19)10-16(23)21(14,17(11)24)18(13)25/h13-16,18,23,25H,1,5-10H2,2-4H3/t13-,14?,15?,16+,18+,19-,20-,21-/m0/s1. The molecule has 2 unspecified atom stereocenters. The Labute approximate surface area is 154 Å². The highest BCUT2D eigenvalue weighted by molar-refractivity contribution is 6.04. The molecule has 4 fully saturated rings. The Hall–Kier alpha value is -1.20. The molecule has 0 aromatic heterocycles. The molecular weight excluding hydrogens is 332 g/mol. The van der Waals surface area contributed by atoms with Crippen molar-refractivity contribution in [1.29, 1.82) is 0 Å². The van der Waals surface area contributed by atoms with Crippen molar-refractivity contribution in [1.82, 2.24) is 0 Å². The van der Waals surface area contributed by atoms with Crippen molar-refractivity contribution in [2.24, 2.45) is 28.6 Å². The van der Waals surface area contributed by atoms with Crippen LogP contribution in [-0.4, -0.2) is 39.8 Å². The van der Waals surface area contributed by atoms with Gasteiger partial charge in [0.15, 0.2) is 5.78 Å². The number of ether oxygens (including phenoxy) is 1. The average molecular weight is 362 g/mol. The van der Waals surface area contributed by atoms with Gasteiger partial charge in [-0.15, -0.1) is 0 Å². The summed E-state index contributed by atoms with van der Waals surface area (Å²) >= 11 is 0. The van der Waals surface area contributed by atoms with Crippen LogP contribution in [0.2, 0.25) is 0 Å². The summed E-state index contributed by atoms with van der Waals surface area (Å²) in [5.41, 5.74) is -1.53. The number of aliphatic hydroxyl groups is 2. The van der Waals surface area contributed by atoms with Crippen LogP contribution in [0.1, 0.15) is 59.3 Å². The minimum atomic E-state index is -1.13. The third-order valence-electron chi connectivity index (χ3n) is 8.45. The summed E-state index contributed by atoms with van der Waals surface area (Å²) in [6, 6.07) is 0. The van der Waals surface area contributed by atoms with Crippen LogP contribution in [-0.2, 0) is 14.3 Å². The lowest BCUT2D eigenvalue weighted by Crippen LogP contribution is -2.68. The summed E-state index contributed by atoms with van der Waals surface area (Å²) in [6.07, 6.45) is 2.73. The normalized spacial score (nSPS) is 53.0. The van der Waals surface area contributed by atoms with E-state index in [9.17, 15) is 19.8 Å². The molecule has 8 atom stereocenters. The molecule has 0 aliphatic heterocycles. The maximum atomic E-state index is 13.2. The van der Waals surface area contributed by atoms with Crippen LogP contribution in [0.3, 0.4) is 0 Å². The molecule has 4 saturated carbocycles. The van der Waals surface area contributed by atoms with Gasteiger partial charge in [0.2, 0.25) is 0 Å². The van der Waals surface area contributed by atoms with E-state index in [1.165, 1.54) is 6.92 Å². The molecule has 5 nitrogen and oxygen atoms in total. The number of ketones is 1. The molecule has 4 rings (SSSR count). The first-order valence-corrected chi connectivity index (χ1v) is 9.88. The van der Waals surface area contributed by atoms with Gasteiger partial charge in [-0.1, -0.05) is 13.5 Å². The first kappa shape index (κ1) is 18.2. The molecule has 4 aliphatic rings. The number of hydrogen-bond acceptors (Lipinski definition) is 5. The molecule has 1 spiro atoms. The van der Waals surface area contributed by atoms with Crippen molar-refractivity contribution in [2.75, 3.05) is 0 Å². The first-order valence-electron chi connectivity index (χ1n) is 9.88. The Bertz CT molecular complexity index is 686. The number of carbonyl (C=O) groups excluding carboxylic acids is 2. The van der Waals surface area contributed by atoms with Crippen LogP contribution >= 0.6 is 0 Å². The highest BCUT2D eigenvalue weighted by Gasteiger charge is 2.74. The minimum Gasteiger partial charge on any atom is -0.459 e. The highest BCUT2D eigenvalue weighted by atomic mass is 16.6. The molecule has 0 aromatic carbocycles. The highest BCUT2D eigenvalue weighted by Crippen LogP contribution is 2.70. The molecule has 0 amide bonds. The van der Waals surface area contributed by atoms with Crippen LogP contribution in [0.25, 0.3) is 0 Å².